The van der Waals surface area contributed by atoms with Crippen molar-refractivity contribution >= 4 is 27.8 Å². The molecule has 0 spiro atoms. The van der Waals surface area contributed by atoms with Crippen LogP contribution in [0, 0.1) is 0 Å². The highest BCUT2D eigenvalue weighted by Gasteiger charge is 2.19. The van der Waals surface area contributed by atoms with Gasteiger partial charge in [-0.25, -0.2) is 0 Å². The van der Waals surface area contributed by atoms with E-state index >= 15 is 0 Å². The fourth-order valence-electron chi connectivity index (χ4n) is 1.86. The molecule has 0 aliphatic heterocycles. The Kier molecular flexibility index (Phi) is 6.48. The van der Waals surface area contributed by atoms with E-state index in [0.29, 0.717) is 28.1 Å². The van der Waals surface area contributed by atoms with Crippen LogP contribution in [-0.4, -0.2) is 49.2 Å². The van der Waals surface area contributed by atoms with Gasteiger partial charge in [0.05, 0.1) is 25.1 Å². The minimum absolute atomic E-state index is 0.0892. The van der Waals surface area contributed by atoms with Gasteiger partial charge >= 0.3 is 5.97 Å². The molecule has 1 rings (SSSR count). The Bertz CT molecular complexity index is 532. The minimum Gasteiger partial charge on any atom is -0.493 e. The number of aliphatic carboxylic acids is 1. The smallest absolute Gasteiger partial charge is 0.305 e. The van der Waals surface area contributed by atoms with Crippen LogP contribution in [0.5, 0.6) is 11.5 Å². The molecule has 0 fully saturated rings. The standard InChI is InChI=1S/C14H18BrNO5/c1-4-16(6-5-12(17)18)14(19)9-7-10(15)13(21-3)11(8-9)20-2/h7-8H,4-6H2,1-3H3,(H,17,18). The molecule has 0 bridgehead atoms. The van der Waals surface area contributed by atoms with E-state index in [1.54, 1.807) is 19.1 Å². The van der Waals surface area contributed by atoms with E-state index in [-0.39, 0.29) is 18.9 Å². The first kappa shape index (κ1) is 17.3. The fraction of sp³-hybridized carbons (Fsp3) is 0.429. The number of nitrogens with zero attached hydrogens (tertiary/aromatic N) is 1. The second kappa shape index (κ2) is 7.87. The molecule has 1 aromatic rings. The van der Waals surface area contributed by atoms with Gasteiger partial charge in [-0.3, -0.25) is 9.59 Å². The third-order valence-corrected chi connectivity index (χ3v) is 3.53. The Morgan fingerprint density at radius 1 is 1.29 bits per heavy atom. The van der Waals surface area contributed by atoms with Gasteiger partial charge in [0, 0.05) is 18.7 Å². The number of carbonyl (C=O) groups excluding carboxylic acids is 1. The lowest BCUT2D eigenvalue weighted by Gasteiger charge is -2.21. The van der Waals surface area contributed by atoms with Gasteiger partial charge in [0.1, 0.15) is 0 Å². The zero-order valence-electron chi connectivity index (χ0n) is 12.2. The highest BCUT2D eigenvalue weighted by molar-refractivity contribution is 9.10. The van der Waals surface area contributed by atoms with E-state index in [9.17, 15) is 9.59 Å². The number of benzene rings is 1. The number of carboxylic acids is 1. The predicted octanol–water partition coefficient (Wildman–Crippen LogP) is 2.40. The third kappa shape index (κ3) is 4.35. The van der Waals surface area contributed by atoms with Gasteiger partial charge in [0.25, 0.3) is 5.91 Å². The normalized spacial score (nSPS) is 10.1. The van der Waals surface area contributed by atoms with Gasteiger partial charge in [0.15, 0.2) is 11.5 Å². The predicted molar refractivity (Wildman–Crippen MR) is 81.1 cm³/mol. The van der Waals surface area contributed by atoms with Gasteiger partial charge < -0.3 is 19.5 Å². The van der Waals surface area contributed by atoms with Crippen molar-refractivity contribution in [3.63, 3.8) is 0 Å². The van der Waals surface area contributed by atoms with E-state index < -0.39 is 5.97 Å². The summed E-state index contributed by atoms with van der Waals surface area (Å²) in [6.07, 6.45) is -0.0892. The first-order valence-electron chi connectivity index (χ1n) is 6.37. The van der Waals surface area contributed by atoms with Crippen LogP contribution in [0.1, 0.15) is 23.7 Å². The van der Waals surface area contributed by atoms with Crippen LogP contribution in [0.4, 0.5) is 0 Å². The Morgan fingerprint density at radius 3 is 2.43 bits per heavy atom. The van der Waals surface area contributed by atoms with Gasteiger partial charge in [0.2, 0.25) is 0 Å². The summed E-state index contributed by atoms with van der Waals surface area (Å²) < 4.78 is 11.0. The molecule has 1 aromatic carbocycles. The van der Waals surface area contributed by atoms with E-state index in [1.807, 2.05) is 0 Å². The molecule has 1 N–H and O–H groups in total. The van der Waals surface area contributed by atoms with Crippen molar-refractivity contribution in [3.8, 4) is 11.5 Å². The molecular weight excluding hydrogens is 342 g/mol. The van der Waals surface area contributed by atoms with Crippen molar-refractivity contribution in [3.05, 3.63) is 22.2 Å². The molecule has 0 saturated carbocycles. The molecule has 0 aliphatic carbocycles. The average molecular weight is 360 g/mol. The number of ether oxygens (including phenoxy) is 2. The quantitative estimate of drug-likeness (QED) is 0.808. The Morgan fingerprint density at radius 2 is 1.95 bits per heavy atom. The van der Waals surface area contributed by atoms with Crippen molar-refractivity contribution in [1.29, 1.82) is 0 Å². The molecule has 0 heterocycles. The molecule has 0 aliphatic rings. The molecule has 0 aromatic heterocycles. The number of hydrogen-bond donors (Lipinski definition) is 1. The molecule has 1 amide bonds. The van der Waals surface area contributed by atoms with Crippen LogP contribution in [0.15, 0.2) is 16.6 Å². The highest BCUT2D eigenvalue weighted by atomic mass is 79.9. The van der Waals surface area contributed by atoms with E-state index in [0.717, 1.165) is 0 Å². The Labute approximate surface area is 131 Å². The molecule has 116 valence electrons. The lowest BCUT2D eigenvalue weighted by Crippen LogP contribution is -2.32. The SMILES string of the molecule is CCN(CCC(=O)O)C(=O)c1cc(Br)c(OC)c(OC)c1. The molecule has 0 saturated heterocycles. The van der Waals surface area contributed by atoms with Gasteiger partial charge in [-0.15, -0.1) is 0 Å². The molecule has 6 nitrogen and oxygen atoms in total. The summed E-state index contributed by atoms with van der Waals surface area (Å²) in [6, 6.07) is 3.21. The van der Waals surface area contributed by atoms with E-state index in [1.165, 1.54) is 19.1 Å². The number of amides is 1. The van der Waals surface area contributed by atoms with Crippen LogP contribution >= 0.6 is 15.9 Å². The summed E-state index contributed by atoms with van der Waals surface area (Å²) >= 11 is 3.33. The largest absolute Gasteiger partial charge is 0.493 e. The third-order valence-electron chi connectivity index (χ3n) is 2.95. The van der Waals surface area contributed by atoms with Crippen molar-refractivity contribution < 1.29 is 24.2 Å². The second-order valence-corrected chi connectivity index (χ2v) is 5.08. The molecule has 7 heteroatoms. The summed E-state index contributed by atoms with van der Waals surface area (Å²) in [7, 11) is 3.00. The minimum atomic E-state index is -0.935. The highest BCUT2D eigenvalue weighted by Crippen LogP contribution is 2.36. The first-order chi connectivity index (χ1) is 9.94. The van der Waals surface area contributed by atoms with Crippen molar-refractivity contribution in [2.24, 2.45) is 0 Å². The second-order valence-electron chi connectivity index (χ2n) is 4.22. The maximum Gasteiger partial charge on any atom is 0.305 e. The number of halogens is 1. The number of rotatable bonds is 7. The van der Waals surface area contributed by atoms with Crippen LogP contribution in [0.3, 0.4) is 0 Å². The van der Waals surface area contributed by atoms with Crippen molar-refractivity contribution in [1.82, 2.24) is 4.90 Å². The van der Waals surface area contributed by atoms with Gasteiger partial charge in [-0.05, 0) is 35.0 Å². The topological polar surface area (TPSA) is 76.1 Å². The average Bonchev–Trinajstić information content (AvgIpc) is 2.46. The summed E-state index contributed by atoms with van der Waals surface area (Å²) in [5.74, 6) is -0.248. The molecule has 21 heavy (non-hydrogen) atoms. The van der Waals surface area contributed by atoms with Crippen LogP contribution < -0.4 is 9.47 Å². The molecule has 0 radical (unpaired) electrons. The van der Waals surface area contributed by atoms with Crippen LogP contribution in [0.2, 0.25) is 0 Å². The number of methoxy groups -OCH3 is 2. The zero-order chi connectivity index (χ0) is 16.0. The van der Waals surface area contributed by atoms with Gasteiger partial charge in [-0.1, -0.05) is 0 Å². The summed E-state index contributed by atoms with van der Waals surface area (Å²) in [4.78, 5) is 24.5. The lowest BCUT2D eigenvalue weighted by molar-refractivity contribution is -0.137. The van der Waals surface area contributed by atoms with Crippen molar-refractivity contribution in [2.45, 2.75) is 13.3 Å². The van der Waals surface area contributed by atoms with E-state index in [4.69, 9.17) is 14.6 Å². The number of carboxylic acid groups (broad SMARTS) is 1. The summed E-state index contributed by atoms with van der Waals surface area (Å²) in [5, 5.41) is 8.72. The van der Waals surface area contributed by atoms with E-state index in [2.05, 4.69) is 15.9 Å². The number of hydrogen-bond acceptors (Lipinski definition) is 4. The Balaban J connectivity index is 3.05. The Hall–Kier alpha value is -1.76. The van der Waals surface area contributed by atoms with Gasteiger partial charge in [-0.2, -0.15) is 0 Å². The monoisotopic (exact) mass is 359 g/mol. The summed E-state index contributed by atoms with van der Waals surface area (Å²) in [5.41, 5.74) is 0.409. The summed E-state index contributed by atoms with van der Waals surface area (Å²) in [6.45, 7) is 2.39. The maximum absolute atomic E-state index is 12.4. The molecule has 0 unspecified atom stereocenters. The van der Waals surface area contributed by atoms with Crippen LogP contribution in [0.25, 0.3) is 0 Å². The molecule has 0 atom stereocenters. The first-order valence-corrected chi connectivity index (χ1v) is 7.16. The maximum atomic E-state index is 12.4. The zero-order valence-corrected chi connectivity index (χ0v) is 13.8. The fourth-order valence-corrected chi connectivity index (χ4v) is 2.46. The van der Waals surface area contributed by atoms with Crippen LogP contribution in [-0.2, 0) is 4.79 Å². The lowest BCUT2D eigenvalue weighted by atomic mass is 10.1. The molecular formula is C14H18BrNO5. The number of carbonyl (C=O) groups is 2. The van der Waals surface area contributed by atoms with Crippen molar-refractivity contribution in [2.75, 3.05) is 27.3 Å².